The van der Waals surface area contributed by atoms with Gasteiger partial charge in [0.1, 0.15) is 11.6 Å². The minimum atomic E-state index is -0.427. The van der Waals surface area contributed by atoms with Crippen LogP contribution in [0.4, 0.5) is 4.39 Å². The van der Waals surface area contributed by atoms with Crippen LogP contribution in [-0.4, -0.2) is 5.78 Å². The quantitative estimate of drug-likeness (QED) is 0.818. The van der Waals surface area contributed by atoms with Crippen LogP contribution >= 0.6 is 11.6 Å². The Morgan fingerprint density at radius 3 is 2.39 bits per heavy atom. The lowest BCUT2D eigenvalue weighted by atomic mass is 10.0. The van der Waals surface area contributed by atoms with Crippen LogP contribution in [-0.2, 0) is 17.6 Å². The van der Waals surface area contributed by atoms with Gasteiger partial charge in [-0.1, -0.05) is 48.0 Å². The number of Topliss-reactive ketones (excluding diaryl/α,β-unsaturated/α-hetero) is 1. The molecule has 0 radical (unpaired) electrons. The molecule has 2 rings (SSSR count). The maximum absolute atomic E-state index is 13.5. The normalized spacial score (nSPS) is 10.3. The number of rotatable bonds is 4. The molecule has 2 aromatic carbocycles. The molecule has 0 spiro atoms. The molecule has 18 heavy (non-hydrogen) atoms. The van der Waals surface area contributed by atoms with Crippen LogP contribution in [0, 0.1) is 5.82 Å². The third kappa shape index (κ3) is 3.17. The van der Waals surface area contributed by atoms with Gasteiger partial charge in [0.15, 0.2) is 0 Å². The van der Waals surface area contributed by atoms with Crippen molar-refractivity contribution in [3.8, 4) is 0 Å². The van der Waals surface area contributed by atoms with Crippen LogP contribution in [0.2, 0.25) is 5.02 Å². The predicted octanol–water partition coefficient (Wildman–Crippen LogP) is 3.83. The maximum Gasteiger partial charge on any atom is 0.141 e. The molecule has 0 unspecified atom stereocenters. The summed E-state index contributed by atoms with van der Waals surface area (Å²) in [6.07, 6.45) is 0.325. The number of ketones is 1. The number of carbonyl (C=O) groups is 1. The van der Waals surface area contributed by atoms with Crippen LogP contribution in [0.3, 0.4) is 0 Å². The van der Waals surface area contributed by atoms with Crippen molar-refractivity contribution in [2.45, 2.75) is 12.8 Å². The van der Waals surface area contributed by atoms with E-state index in [1.165, 1.54) is 12.1 Å². The number of benzene rings is 2. The van der Waals surface area contributed by atoms with Gasteiger partial charge in [-0.3, -0.25) is 4.79 Å². The first-order chi connectivity index (χ1) is 8.66. The Balaban J connectivity index is 2.08. The van der Waals surface area contributed by atoms with E-state index in [-0.39, 0.29) is 17.8 Å². The average molecular weight is 263 g/mol. The second-order valence-corrected chi connectivity index (χ2v) is 4.49. The van der Waals surface area contributed by atoms with Crippen molar-refractivity contribution in [1.82, 2.24) is 0 Å². The van der Waals surface area contributed by atoms with E-state index < -0.39 is 5.82 Å². The monoisotopic (exact) mass is 262 g/mol. The molecule has 0 saturated heterocycles. The Kier molecular flexibility index (Phi) is 4.11. The summed E-state index contributed by atoms with van der Waals surface area (Å²) < 4.78 is 13.5. The summed E-state index contributed by atoms with van der Waals surface area (Å²) >= 11 is 5.88. The van der Waals surface area contributed by atoms with E-state index in [2.05, 4.69) is 0 Å². The fourth-order valence-corrected chi connectivity index (χ4v) is 2.01. The lowest BCUT2D eigenvalue weighted by Crippen LogP contribution is -2.08. The molecule has 0 saturated carbocycles. The summed E-state index contributed by atoms with van der Waals surface area (Å²) in [6, 6.07) is 13.8. The van der Waals surface area contributed by atoms with Crippen molar-refractivity contribution >= 4 is 17.4 Å². The lowest BCUT2D eigenvalue weighted by molar-refractivity contribution is -0.117. The molecule has 3 heteroatoms. The molecule has 1 nitrogen and oxygen atoms in total. The zero-order valence-corrected chi connectivity index (χ0v) is 10.5. The average Bonchev–Trinajstić information content (AvgIpc) is 2.35. The summed E-state index contributed by atoms with van der Waals surface area (Å²) in [5.74, 6) is -0.475. The van der Waals surface area contributed by atoms with Crippen molar-refractivity contribution in [3.05, 3.63) is 70.5 Å². The second-order valence-electron chi connectivity index (χ2n) is 4.08. The molecule has 0 aliphatic rings. The highest BCUT2D eigenvalue weighted by atomic mass is 35.5. The third-order valence-electron chi connectivity index (χ3n) is 2.68. The van der Waals surface area contributed by atoms with Crippen LogP contribution in [0.1, 0.15) is 11.1 Å². The standard InChI is InChI=1S/C15H12ClFO/c16-14-7-4-8-15(17)13(14)10-12(18)9-11-5-2-1-3-6-11/h1-8H,9-10H2. The summed E-state index contributed by atoms with van der Waals surface area (Å²) in [5, 5.41) is 0.302. The highest BCUT2D eigenvalue weighted by Crippen LogP contribution is 2.20. The fourth-order valence-electron chi connectivity index (χ4n) is 1.78. The van der Waals surface area contributed by atoms with Gasteiger partial charge in [-0.05, 0) is 17.7 Å². The predicted molar refractivity (Wildman–Crippen MR) is 70.3 cm³/mol. The van der Waals surface area contributed by atoms with Crippen molar-refractivity contribution in [2.24, 2.45) is 0 Å². The smallest absolute Gasteiger partial charge is 0.141 e. The topological polar surface area (TPSA) is 17.1 Å². The number of hydrogen-bond acceptors (Lipinski definition) is 1. The lowest BCUT2D eigenvalue weighted by Gasteiger charge is -2.05. The minimum absolute atomic E-state index is 0.0282. The van der Waals surface area contributed by atoms with Crippen LogP contribution in [0.15, 0.2) is 48.5 Å². The zero-order valence-electron chi connectivity index (χ0n) is 9.70. The van der Waals surface area contributed by atoms with Crippen molar-refractivity contribution in [3.63, 3.8) is 0 Å². The number of halogens is 2. The van der Waals surface area contributed by atoms with Crippen LogP contribution < -0.4 is 0 Å². The van der Waals surface area contributed by atoms with Gasteiger partial charge in [-0.2, -0.15) is 0 Å². The molecule has 0 aliphatic heterocycles. The fraction of sp³-hybridized carbons (Fsp3) is 0.133. The Hall–Kier alpha value is -1.67. The SMILES string of the molecule is O=C(Cc1ccccc1)Cc1c(F)cccc1Cl. The van der Waals surface area contributed by atoms with E-state index in [9.17, 15) is 9.18 Å². The van der Waals surface area contributed by atoms with E-state index in [0.29, 0.717) is 11.4 Å². The van der Waals surface area contributed by atoms with Gasteiger partial charge in [0.05, 0.1) is 0 Å². The maximum atomic E-state index is 13.5. The highest BCUT2D eigenvalue weighted by Gasteiger charge is 2.12. The van der Waals surface area contributed by atoms with Gasteiger partial charge in [0.2, 0.25) is 0 Å². The first kappa shape index (κ1) is 12.8. The molecule has 0 fully saturated rings. The molecule has 0 atom stereocenters. The highest BCUT2D eigenvalue weighted by molar-refractivity contribution is 6.31. The van der Waals surface area contributed by atoms with E-state index in [4.69, 9.17) is 11.6 Å². The van der Waals surface area contributed by atoms with E-state index in [1.54, 1.807) is 6.07 Å². The summed E-state index contributed by atoms with van der Waals surface area (Å²) in [5.41, 5.74) is 1.20. The Bertz CT molecular complexity index is 531. The second kappa shape index (κ2) is 5.78. The summed E-state index contributed by atoms with van der Waals surface area (Å²) in [6.45, 7) is 0. The molecule has 0 aromatic heterocycles. The Morgan fingerprint density at radius 2 is 1.72 bits per heavy atom. The summed E-state index contributed by atoms with van der Waals surface area (Å²) in [4.78, 5) is 11.9. The number of hydrogen-bond donors (Lipinski definition) is 0. The van der Waals surface area contributed by atoms with Crippen LogP contribution in [0.5, 0.6) is 0 Å². The van der Waals surface area contributed by atoms with Crippen molar-refractivity contribution in [2.75, 3.05) is 0 Å². The molecule has 0 N–H and O–H groups in total. The van der Waals surface area contributed by atoms with Crippen LogP contribution in [0.25, 0.3) is 0 Å². The third-order valence-corrected chi connectivity index (χ3v) is 3.03. The first-order valence-corrected chi connectivity index (χ1v) is 6.03. The van der Waals surface area contributed by atoms with Gasteiger partial charge in [0.25, 0.3) is 0 Å². The Morgan fingerprint density at radius 1 is 1.00 bits per heavy atom. The van der Waals surface area contributed by atoms with Crippen molar-refractivity contribution < 1.29 is 9.18 Å². The van der Waals surface area contributed by atoms with Gasteiger partial charge in [-0.25, -0.2) is 4.39 Å². The first-order valence-electron chi connectivity index (χ1n) is 5.65. The summed E-state index contributed by atoms with van der Waals surface area (Å²) in [7, 11) is 0. The minimum Gasteiger partial charge on any atom is -0.299 e. The molecule has 0 heterocycles. The van der Waals surface area contributed by atoms with E-state index in [0.717, 1.165) is 5.56 Å². The molecule has 0 aliphatic carbocycles. The zero-order chi connectivity index (χ0) is 13.0. The molecule has 0 amide bonds. The molecular formula is C15H12ClFO. The molecule has 2 aromatic rings. The van der Waals surface area contributed by atoms with Gasteiger partial charge >= 0.3 is 0 Å². The van der Waals surface area contributed by atoms with E-state index in [1.807, 2.05) is 30.3 Å². The molecule has 0 bridgehead atoms. The van der Waals surface area contributed by atoms with Crippen molar-refractivity contribution in [1.29, 1.82) is 0 Å². The molecular weight excluding hydrogens is 251 g/mol. The number of carbonyl (C=O) groups excluding carboxylic acids is 1. The largest absolute Gasteiger partial charge is 0.299 e. The Labute approximate surface area is 110 Å². The van der Waals surface area contributed by atoms with E-state index >= 15 is 0 Å². The molecule has 92 valence electrons. The van der Waals surface area contributed by atoms with Gasteiger partial charge in [0, 0.05) is 23.4 Å². The van der Waals surface area contributed by atoms with Gasteiger partial charge < -0.3 is 0 Å². The van der Waals surface area contributed by atoms with Gasteiger partial charge in [-0.15, -0.1) is 0 Å².